The average Bonchev–Trinajstić information content (AvgIpc) is 3.47. The zero-order valence-electron chi connectivity index (χ0n) is 19.1. The molecule has 1 aliphatic carbocycles. The number of fused-ring (bicyclic) bond motifs is 1. The number of carbonyl (C=O) groups excluding carboxylic acids is 3. The number of nitriles is 1. The molecule has 1 saturated heterocycles. The highest BCUT2D eigenvalue weighted by Gasteiger charge is 2.43. The van der Waals surface area contributed by atoms with Gasteiger partial charge >= 0.3 is 12.2 Å². The lowest BCUT2D eigenvalue weighted by Gasteiger charge is -2.23. The first-order valence-electron chi connectivity index (χ1n) is 10.8. The van der Waals surface area contributed by atoms with Crippen molar-refractivity contribution in [3.63, 3.8) is 0 Å². The van der Waals surface area contributed by atoms with Crippen LogP contribution in [0.5, 0.6) is 0 Å². The van der Waals surface area contributed by atoms with Crippen LogP contribution in [0.1, 0.15) is 34.1 Å². The molecule has 1 aromatic heterocycles. The minimum atomic E-state index is -0.879. The predicted molar refractivity (Wildman–Crippen MR) is 121 cm³/mol. The first-order valence-corrected chi connectivity index (χ1v) is 10.8. The molecule has 1 aliphatic heterocycles. The van der Waals surface area contributed by atoms with E-state index in [9.17, 15) is 14.4 Å². The van der Waals surface area contributed by atoms with Crippen LogP contribution in [0, 0.1) is 29.0 Å². The second-order valence-electron chi connectivity index (χ2n) is 9.37. The topological polar surface area (TPSA) is 134 Å². The molecule has 11 heteroatoms. The van der Waals surface area contributed by atoms with Gasteiger partial charge in [0, 0.05) is 11.6 Å². The Hall–Kier alpha value is -3.94. The molecule has 2 aliphatic rings. The van der Waals surface area contributed by atoms with E-state index in [0.29, 0.717) is 11.8 Å². The molecule has 1 aromatic carbocycles. The molecule has 1 saturated carbocycles. The highest BCUT2D eigenvalue weighted by atomic mass is 19.1. The Kier molecular flexibility index (Phi) is 5.77. The number of aromatic nitrogens is 1. The van der Waals surface area contributed by atoms with Crippen LogP contribution in [-0.2, 0) is 14.3 Å². The smallest absolute Gasteiger partial charge is 0.414 e. The molecule has 0 unspecified atom stereocenters. The zero-order valence-corrected chi connectivity index (χ0v) is 19.1. The number of anilines is 3. The quantitative estimate of drug-likeness (QED) is 0.686. The summed E-state index contributed by atoms with van der Waals surface area (Å²) < 4.78 is 25.9. The number of cyclic esters (lactones) is 1. The third-order valence-electron chi connectivity index (χ3n) is 5.46. The van der Waals surface area contributed by atoms with Gasteiger partial charge < -0.3 is 14.8 Å². The van der Waals surface area contributed by atoms with Gasteiger partial charge in [-0.25, -0.2) is 19.0 Å². The number of amides is 3. The summed E-state index contributed by atoms with van der Waals surface area (Å²) in [5.74, 6) is -1.69. The first-order chi connectivity index (χ1) is 16.0. The molecule has 2 N–H and O–H groups in total. The Morgan fingerprint density at radius 1 is 1.32 bits per heavy atom. The van der Waals surface area contributed by atoms with Crippen molar-refractivity contribution in [2.45, 2.75) is 45.8 Å². The molecule has 4 rings (SSSR count). The summed E-state index contributed by atoms with van der Waals surface area (Å²) in [6.45, 7) is 6.81. The van der Waals surface area contributed by atoms with Crippen LogP contribution in [0.25, 0.3) is 10.8 Å². The van der Waals surface area contributed by atoms with Crippen molar-refractivity contribution in [2.24, 2.45) is 11.8 Å². The van der Waals surface area contributed by atoms with Crippen LogP contribution in [0.3, 0.4) is 0 Å². The molecule has 2 aromatic rings. The molecule has 178 valence electrons. The van der Waals surface area contributed by atoms with E-state index in [-0.39, 0.29) is 41.0 Å². The van der Waals surface area contributed by atoms with E-state index in [1.807, 2.05) is 0 Å². The van der Waals surface area contributed by atoms with Crippen molar-refractivity contribution in [2.75, 3.05) is 22.1 Å². The maximum Gasteiger partial charge on any atom is 0.414 e. The molecule has 3 atom stereocenters. The van der Waals surface area contributed by atoms with Gasteiger partial charge in [0.25, 0.3) is 0 Å². The summed E-state index contributed by atoms with van der Waals surface area (Å²) in [4.78, 5) is 42.4. The van der Waals surface area contributed by atoms with Gasteiger partial charge in [-0.15, -0.1) is 0 Å². The van der Waals surface area contributed by atoms with Gasteiger partial charge in [-0.05, 0) is 51.6 Å². The molecule has 0 spiro atoms. The third-order valence-corrected chi connectivity index (χ3v) is 5.46. The number of nitrogens with zero attached hydrogens (tertiary/aromatic N) is 3. The predicted octanol–water partition coefficient (Wildman–Crippen LogP) is 4.16. The van der Waals surface area contributed by atoms with Crippen LogP contribution in [0.2, 0.25) is 0 Å². The number of hydrogen-bond donors (Lipinski definition) is 2. The van der Waals surface area contributed by atoms with Gasteiger partial charge in [0.1, 0.15) is 18.0 Å². The van der Waals surface area contributed by atoms with Gasteiger partial charge in [0.2, 0.25) is 5.91 Å². The van der Waals surface area contributed by atoms with Crippen molar-refractivity contribution in [1.82, 2.24) is 4.98 Å². The minimum Gasteiger partial charge on any atom is -0.447 e. The van der Waals surface area contributed by atoms with Gasteiger partial charge in [-0.3, -0.25) is 15.0 Å². The van der Waals surface area contributed by atoms with Crippen LogP contribution >= 0.6 is 0 Å². The fourth-order valence-corrected chi connectivity index (χ4v) is 3.73. The van der Waals surface area contributed by atoms with Crippen LogP contribution in [-0.4, -0.2) is 41.3 Å². The van der Waals surface area contributed by atoms with Crippen LogP contribution < -0.4 is 15.5 Å². The molecule has 3 amide bonds. The van der Waals surface area contributed by atoms with E-state index >= 15 is 4.39 Å². The monoisotopic (exact) mass is 469 g/mol. The van der Waals surface area contributed by atoms with E-state index in [0.717, 1.165) is 4.90 Å². The van der Waals surface area contributed by atoms with Crippen molar-refractivity contribution in [3.8, 4) is 6.07 Å². The van der Waals surface area contributed by atoms with Gasteiger partial charge in [-0.2, -0.15) is 5.26 Å². The summed E-state index contributed by atoms with van der Waals surface area (Å²) in [6, 6.07) is 4.56. The third kappa shape index (κ3) is 4.57. The number of benzene rings is 1. The lowest BCUT2D eigenvalue weighted by atomic mass is 10.1. The zero-order chi connectivity index (χ0) is 24.8. The lowest BCUT2D eigenvalue weighted by Crippen LogP contribution is -2.32. The second-order valence-corrected chi connectivity index (χ2v) is 9.37. The molecule has 34 heavy (non-hydrogen) atoms. The normalized spacial score (nSPS) is 21.6. The number of rotatable bonds is 4. The Morgan fingerprint density at radius 2 is 2.06 bits per heavy atom. The van der Waals surface area contributed by atoms with Crippen LogP contribution in [0.15, 0.2) is 18.3 Å². The summed E-state index contributed by atoms with van der Waals surface area (Å²) in [6.07, 6.45) is 0.207. The maximum absolute atomic E-state index is 15.7. The van der Waals surface area contributed by atoms with Gasteiger partial charge in [0.05, 0.1) is 35.3 Å². The van der Waals surface area contributed by atoms with E-state index in [1.165, 1.54) is 18.3 Å². The van der Waals surface area contributed by atoms with Crippen LogP contribution in [0.4, 0.5) is 31.2 Å². The Labute approximate surface area is 195 Å². The fraction of sp³-hybridized carbons (Fsp3) is 0.435. The van der Waals surface area contributed by atoms with E-state index in [1.54, 1.807) is 27.7 Å². The Bertz CT molecular complexity index is 1230. The molecule has 2 heterocycles. The SMILES string of the molecule is C[C@H]1COC(=O)N1c1cc2cc(NC(=O)[C@@H]3C[C@H]3C#N)ncc2c(NC(=O)OC(C)(C)C)c1F. The maximum atomic E-state index is 15.7. The van der Waals surface area contributed by atoms with Crippen molar-refractivity contribution in [3.05, 3.63) is 24.1 Å². The summed E-state index contributed by atoms with van der Waals surface area (Å²) >= 11 is 0. The number of hydrogen-bond acceptors (Lipinski definition) is 7. The fourth-order valence-electron chi connectivity index (χ4n) is 3.73. The van der Waals surface area contributed by atoms with Gasteiger partial charge in [0.15, 0.2) is 5.82 Å². The summed E-state index contributed by atoms with van der Waals surface area (Å²) in [5, 5.41) is 14.7. The number of carbonyl (C=O) groups is 3. The van der Waals surface area contributed by atoms with E-state index < -0.39 is 35.6 Å². The number of nitrogens with one attached hydrogen (secondary N) is 2. The lowest BCUT2D eigenvalue weighted by molar-refractivity contribution is -0.117. The molecule has 10 nitrogen and oxygen atoms in total. The average molecular weight is 469 g/mol. The molecule has 0 bridgehead atoms. The largest absolute Gasteiger partial charge is 0.447 e. The molecular weight excluding hydrogens is 445 g/mol. The van der Waals surface area contributed by atoms with Crippen molar-refractivity contribution in [1.29, 1.82) is 5.26 Å². The number of pyridine rings is 1. The van der Waals surface area contributed by atoms with Crippen molar-refractivity contribution >= 4 is 46.1 Å². The minimum absolute atomic E-state index is 0.0875. The van der Waals surface area contributed by atoms with Gasteiger partial charge in [-0.1, -0.05) is 0 Å². The number of halogens is 1. The second kappa shape index (κ2) is 8.44. The molecular formula is C23H24FN5O5. The van der Waals surface area contributed by atoms with E-state index in [2.05, 4.69) is 21.7 Å². The molecule has 2 fully saturated rings. The Balaban J connectivity index is 1.75. The standard InChI is InChI=1S/C23H24FN5O5/c1-11-10-33-22(32)29(11)16-6-12-7-17(27-20(30)14-5-13(14)8-25)26-9-15(12)19(18(16)24)28-21(31)34-23(2,3)4/h6-7,9,11,13-14H,5,10H2,1-4H3,(H,28,31)(H,26,27,30)/t11-,13-,14+/m0/s1. The first kappa shape index (κ1) is 23.2. The molecule has 0 radical (unpaired) electrons. The number of ether oxygens (including phenoxy) is 2. The Morgan fingerprint density at radius 3 is 2.65 bits per heavy atom. The van der Waals surface area contributed by atoms with E-state index in [4.69, 9.17) is 14.7 Å². The van der Waals surface area contributed by atoms with Crippen molar-refractivity contribution < 1.29 is 28.2 Å². The summed E-state index contributed by atoms with van der Waals surface area (Å²) in [7, 11) is 0. The highest BCUT2D eigenvalue weighted by Crippen LogP contribution is 2.40. The highest BCUT2D eigenvalue weighted by molar-refractivity contribution is 6.06. The summed E-state index contributed by atoms with van der Waals surface area (Å²) in [5.41, 5.74) is -1.13.